The van der Waals surface area contributed by atoms with Gasteiger partial charge in [-0.1, -0.05) is 56.3 Å². The number of benzene rings is 1. The second-order valence-electron chi connectivity index (χ2n) is 7.67. The highest BCUT2D eigenvalue weighted by atomic mass is 16.2. The molecule has 1 aliphatic heterocycles. The number of carbonyl (C=O) groups is 1. The number of imidazole rings is 1. The number of aryl methyl sites for hydroxylation is 1. The van der Waals surface area contributed by atoms with Crippen molar-refractivity contribution in [3.8, 4) is 0 Å². The van der Waals surface area contributed by atoms with Crippen molar-refractivity contribution in [3.63, 3.8) is 0 Å². The molecule has 1 fully saturated rings. The normalized spacial score (nSPS) is 16.6. The molecule has 3 rings (SSSR count). The number of nitrogens with zero attached hydrogens (tertiary/aromatic N) is 4. The molecule has 0 bridgehead atoms. The molecular formula is C22H31N5O. The van der Waals surface area contributed by atoms with Crippen molar-refractivity contribution in [1.82, 2.24) is 24.7 Å². The van der Waals surface area contributed by atoms with Gasteiger partial charge in [0.2, 0.25) is 0 Å². The van der Waals surface area contributed by atoms with Gasteiger partial charge in [0.25, 0.3) is 0 Å². The van der Waals surface area contributed by atoms with E-state index >= 15 is 0 Å². The number of carbonyl (C=O) groups excluding carboxylic acids is 1. The van der Waals surface area contributed by atoms with E-state index in [9.17, 15) is 4.79 Å². The third kappa shape index (κ3) is 5.23. The van der Waals surface area contributed by atoms with Crippen molar-refractivity contribution in [1.29, 1.82) is 0 Å². The summed E-state index contributed by atoms with van der Waals surface area (Å²) in [6.07, 6.45) is 8.04. The van der Waals surface area contributed by atoms with Gasteiger partial charge in [0.1, 0.15) is 5.82 Å². The lowest BCUT2D eigenvalue weighted by atomic mass is 10.0. The summed E-state index contributed by atoms with van der Waals surface area (Å²) in [7, 11) is 1.96. The van der Waals surface area contributed by atoms with E-state index in [0.717, 1.165) is 38.5 Å². The summed E-state index contributed by atoms with van der Waals surface area (Å²) in [5.41, 5.74) is 1.22. The lowest BCUT2D eigenvalue weighted by Crippen LogP contribution is -2.52. The Morgan fingerprint density at radius 3 is 2.50 bits per heavy atom. The standard InChI is InChI=1S/C22H31N5O/c1-18(2)20(21-23-11-13-25(21)3)24-22(28)27-16-14-26(15-17-27)12-7-10-19-8-5-4-6-9-19/h4-11,13,18,20H,12,14-17H2,1-3H3,(H,24,28). The molecule has 2 heterocycles. The third-order valence-corrected chi connectivity index (χ3v) is 5.22. The van der Waals surface area contributed by atoms with E-state index in [2.05, 4.69) is 53.3 Å². The van der Waals surface area contributed by atoms with E-state index in [1.807, 2.05) is 40.9 Å². The first-order chi connectivity index (χ1) is 13.5. The third-order valence-electron chi connectivity index (χ3n) is 5.22. The van der Waals surface area contributed by atoms with Crippen LogP contribution in [0.1, 0.15) is 31.3 Å². The van der Waals surface area contributed by atoms with Gasteiger partial charge in [-0.3, -0.25) is 4.90 Å². The molecule has 0 saturated carbocycles. The zero-order chi connectivity index (χ0) is 19.9. The van der Waals surface area contributed by atoms with Crippen molar-refractivity contribution in [2.75, 3.05) is 32.7 Å². The molecule has 28 heavy (non-hydrogen) atoms. The quantitative estimate of drug-likeness (QED) is 0.836. The molecule has 1 aromatic heterocycles. The lowest BCUT2D eigenvalue weighted by Gasteiger charge is -2.35. The van der Waals surface area contributed by atoms with E-state index in [-0.39, 0.29) is 18.0 Å². The molecule has 2 amide bonds. The number of hydrogen-bond donors (Lipinski definition) is 1. The van der Waals surface area contributed by atoms with Crippen LogP contribution in [-0.2, 0) is 7.05 Å². The molecule has 6 nitrogen and oxygen atoms in total. The van der Waals surface area contributed by atoms with Crippen LogP contribution < -0.4 is 5.32 Å². The minimum Gasteiger partial charge on any atom is -0.336 e. The smallest absolute Gasteiger partial charge is 0.318 e. The maximum absolute atomic E-state index is 12.8. The van der Waals surface area contributed by atoms with Crippen LogP contribution >= 0.6 is 0 Å². The molecule has 6 heteroatoms. The molecule has 1 aliphatic rings. The average molecular weight is 382 g/mol. The van der Waals surface area contributed by atoms with Gasteiger partial charge in [0.05, 0.1) is 6.04 Å². The number of piperazine rings is 1. The zero-order valence-corrected chi connectivity index (χ0v) is 17.1. The first-order valence-corrected chi connectivity index (χ1v) is 10.0. The lowest BCUT2D eigenvalue weighted by molar-refractivity contribution is 0.142. The van der Waals surface area contributed by atoms with Gasteiger partial charge in [-0.2, -0.15) is 0 Å². The summed E-state index contributed by atoms with van der Waals surface area (Å²) >= 11 is 0. The molecular weight excluding hydrogens is 350 g/mol. The van der Waals surface area contributed by atoms with Crippen LogP contribution in [-0.4, -0.2) is 58.1 Å². The monoisotopic (exact) mass is 381 g/mol. The van der Waals surface area contributed by atoms with Crippen molar-refractivity contribution in [2.45, 2.75) is 19.9 Å². The van der Waals surface area contributed by atoms with Crippen molar-refractivity contribution in [2.24, 2.45) is 13.0 Å². The van der Waals surface area contributed by atoms with E-state index in [1.165, 1.54) is 5.56 Å². The maximum Gasteiger partial charge on any atom is 0.318 e. The Bertz CT molecular complexity index is 775. The highest BCUT2D eigenvalue weighted by molar-refractivity contribution is 5.74. The van der Waals surface area contributed by atoms with Crippen LogP contribution in [0.25, 0.3) is 6.08 Å². The van der Waals surface area contributed by atoms with Crippen LogP contribution in [0.5, 0.6) is 0 Å². The van der Waals surface area contributed by atoms with E-state index in [1.54, 1.807) is 6.20 Å². The van der Waals surface area contributed by atoms with Crippen LogP contribution in [0.2, 0.25) is 0 Å². The average Bonchev–Trinajstić information content (AvgIpc) is 3.12. The molecule has 1 atom stereocenters. The number of hydrogen-bond acceptors (Lipinski definition) is 3. The Morgan fingerprint density at radius 1 is 1.18 bits per heavy atom. The fourth-order valence-corrected chi connectivity index (χ4v) is 3.47. The highest BCUT2D eigenvalue weighted by Crippen LogP contribution is 2.20. The second kappa shape index (κ2) is 9.55. The van der Waals surface area contributed by atoms with Gasteiger partial charge in [0.15, 0.2) is 0 Å². The number of nitrogens with one attached hydrogen (secondary N) is 1. The van der Waals surface area contributed by atoms with Gasteiger partial charge in [0, 0.05) is 52.2 Å². The van der Waals surface area contributed by atoms with Gasteiger partial charge < -0.3 is 14.8 Å². The molecule has 1 unspecified atom stereocenters. The maximum atomic E-state index is 12.8. The van der Waals surface area contributed by atoms with Gasteiger partial charge in [-0.25, -0.2) is 9.78 Å². The predicted molar refractivity (Wildman–Crippen MR) is 113 cm³/mol. The molecule has 1 aromatic carbocycles. The van der Waals surface area contributed by atoms with Gasteiger partial charge >= 0.3 is 6.03 Å². The van der Waals surface area contributed by atoms with E-state index in [4.69, 9.17) is 0 Å². The first-order valence-electron chi connectivity index (χ1n) is 10.0. The van der Waals surface area contributed by atoms with Crippen LogP contribution in [0.3, 0.4) is 0 Å². The zero-order valence-electron chi connectivity index (χ0n) is 17.1. The van der Waals surface area contributed by atoms with Crippen LogP contribution in [0.4, 0.5) is 4.79 Å². The Morgan fingerprint density at radius 2 is 1.89 bits per heavy atom. The summed E-state index contributed by atoms with van der Waals surface area (Å²) in [5, 5.41) is 3.18. The number of rotatable bonds is 6. The predicted octanol–water partition coefficient (Wildman–Crippen LogP) is 3.16. The van der Waals surface area contributed by atoms with Crippen molar-refractivity contribution in [3.05, 3.63) is 60.2 Å². The molecule has 2 aromatic rings. The summed E-state index contributed by atoms with van der Waals surface area (Å²) in [4.78, 5) is 21.5. The molecule has 0 aliphatic carbocycles. The summed E-state index contributed by atoms with van der Waals surface area (Å²) in [6.45, 7) is 8.40. The summed E-state index contributed by atoms with van der Waals surface area (Å²) in [5.74, 6) is 1.17. The van der Waals surface area contributed by atoms with Crippen LogP contribution in [0, 0.1) is 5.92 Å². The fraction of sp³-hybridized carbons (Fsp3) is 0.455. The molecule has 1 saturated heterocycles. The SMILES string of the molecule is CC(C)C(NC(=O)N1CCN(CC=Cc2ccccc2)CC1)c1nccn1C. The minimum absolute atomic E-state index is 0.00109. The van der Waals surface area contributed by atoms with Crippen molar-refractivity contribution >= 4 is 12.1 Å². The second-order valence-corrected chi connectivity index (χ2v) is 7.67. The fourth-order valence-electron chi connectivity index (χ4n) is 3.47. The first kappa shape index (κ1) is 20.1. The van der Waals surface area contributed by atoms with E-state index in [0.29, 0.717) is 0 Å². The number of aromatic nitrogens is 2. The Hall–Kier alpha value is -2.60. The highest BCUT2D eigenvalue weighted by Gasteiger charge is 2.26. The van der Waals surface area contributed by atoms with Crippen LogP contribution in [0.15, 0.2) is 48.8 Å². The number of urea groups is 1. The summed E-state index contributed by atoms with van der Waals surface area (Å²) < 4.78 is 1.97. The Labute approximate surface area is 167 Å². The number of amides is 2. The van der Waals surface area contributed by atoms with Gasteiger partial charge in [-0.15, -0.1) is 0 Å². The largest absolute Gasteiger partial charge is 0.336 e. The summed E-state index contributed by atoms with van der Waals surface area (Å²) in [6, 6.07) is 10.2. The Balaban J connectivity index is 1.48. The Kier molecular flexibility index (Phi) is 6.87. The molecule has 0 radical (unpaired) electrons. The topological polar surface area (TPSA) is 53.4 Å². The molecule has 150 valence electrons. The van der Waals surface area contributed by atoms with E-state index < -0.39 is 0 Å². The van der Waals surface area contributed by atoms with Crippen molar-refractivity contribution < 1.29 is 4.79 Å². The molecule has 0 spiro atoms. The molecule has 1 N–H and O–H groups in total. The van der Waals surface area contributed by atoms with Gasteiger partial charge in [-0.05, 0) is 11.5 Å². The minimum atomic E-state index is -0.0839.